The number of ether oxygens (including phenoxy) is 2. The zero-order valence-corrected chi connectivity index (χ0v) is 17.9. The fourth-order valence-corrected chi connectivity index (χ4v) is 3.80. The van der Waals surface area contributed by atoms with Crippen molar-refractivity contribution in [3.63, 3.8) is 0 Å². The highest BCUT2D eigenvalue weighted by atomic mass is 19.1. The monoisotopic (exact) mass is 399 g/mol. The molecule has 5 heteroatoms. The van der Waals surface area contributed by atoms with Crippen molar-refractivity contribution in [1.82, 2.24) is 4.90 Å². The van der Waals surface area contributed by atoms with Gasteiger partial charge in [0.1, 0.15) is 17.0 Å². The molecule has 4 nitrogen and oxygen atoms in total. The molecule has 1 unspecified atom stereocenters. The van der Waals surface area contributed by atoms with E-state index in [4.69, 9.17) is 9.47 Å². The van der Waals surface area contributed by atoms with Crippen LogP contribution in [0, 0.1) is 5.82 Å². The van der Waals surface area contributed by atoms with Gasteiger partial charge in [0.15, 0.2) is 0 Å². The van der Waals surface area contributed by atoms with Crippen LogP contribution in [0.5, 0.6) is 0 Å². The molecule has 3 rings (SSSR count). The van der Waals surface area contributed by atoms with Gasteiger partial charge in [-0.3, -0.25) is 0 Å². The van der Waals surface area contributed by atoms with Crippen molar-refractivity contribution >= 4 is 5.97 Å². The molecule has 0 saturated heterocycles. The molecular weight excluding hydrogens is 369 g/mol. The van der Waals surface area contributed by atoms with Gasteiger partial charge in [0.25, 0.3) is 0 Å². The summed E-state index contributed by atoms with van der Waals surface area (Å²) in [5.74, 6) is -0.608. The smallest absolute Gasteiger partial charge is 0.338 e. The Hall–Kier alpha value is -2.24. The largest absolute Gasteiger partial charge is 0.456 e. The van der Waals surface area contributed by atoms with Crippen molar-refractivity contribution in [3.05, 3.63) is 70.5 Å². The standard InChI is InChI=1S/C24H30FNO3/c1-23(2,3)29-22(27)17-7-12-21-18(15-17)16-28-24(21,13-6-14-26(4)5)19-8-10-20(25)11-9-19/h7-12,15H,6,13-14,16H2,1-5H3. The maximum atomic E-state index is 13.5. The fourth-order valence-electron chi connectivity index (χ4n) is 3.80. The lowest BCUT2D eigenvalue weighted by molar-refractivity contribution is -0.0140. The van der Waals surface area contributed by atoms with Gasteiger partial charge in [-0.2, -0.15) is 0 Å². The highest BCUT2D eigenvalue weighted by Crippen LogP contribution is 2.45. The minimum absolute atomic E-state index is 0.268. The summed E-state index contributed by atoms with van der Waals surface area (Å²) >= 11 is 0. The molecule has 1 atom stereocenters. The summed E-state index contributed by atoms with van der Waals surface area (Å²) in [6, 6.07) is 12.1. The van der Waals surface area contributed by atoms with Crippen LogP contribution in [0.3, 0.4) is 0 Å². The maximum Gasteiger partial charge on any atom is 0.338 e. The molecule has 0 saturated carbocycles. The molecule has 0 spiro atoms. The van der Waals surface area contributed by atoms with Crippen LogP contribution in [0.4, 0.5) is 4.39 Å². The van der Waals surface area contributed by atoms with Crippen molar-refractivity contribution in [2.45, 2.75) is 51.4 Å². The maximum absolute atomic E-state index is 13.5. The van der Waals surface area contributed by atoms with Gasteiger partial charge in [-0.25, -0.2) is 9.18 Å². The highest BCUT2D eigenvalue weighted by Gasteiger charge is 2.41. The minimum Gasteiger partial charge on any atom is -0.456 e. The molecule has 1 aliphatic heterocycles. The van der Waals surface area contributed by atoms with Crippen LogP contribution in [-0.4, -0.2) is 37.1 Å². The normalized spacial score (nSPS) is 18.7. The molecule has 0 aliphatic carbocycles. The van der Waals surface area contributed by atoms with Crippen LogP contribution in [0.1, 0.15) is 60.7 Å². The molecule has 0 aromatic heterocycles. The third-order valence-corrected chi connectivity index (χ3v) is 5.09. The van der Waals surface area contributed by atoms with Crippen LogP contribution in [0.2, 0.25) is 0 Å². The van der Waals surface area contributed by atoms with Crippen LogP contribution in [-0.2, 0) is 21.7 Å². The SMILES string of the molecule is CN(C)CCCC1(c2ccc(F)cc2)OCc2cc(C(=O)OC(C)(C)C)ccc21. The molecule has 1 heterocycles. The molecule has 156 valence electrons. The number of fused-ring (bicyclic) bond motifs is 1. The topological polar surface area (TPSA) is 38.8 Å². The van der Waals surface area contributed by atoms with Crippen molar-refractivity contribution in [2.75, 3.05) is 20.6 Å². The minimum atomic E-state index is -0.633. The van der Waals surface area contributed by atoms with Crippen molar-refractivity contribution in [3.8, 4) is 0 Å². The Kier molecular flexibility index (Phi) is 6.11. The average Bonchev–Trinajstić information content (AvgIpc) is 3.00. The van der Waals surface area contributed by atoms with Gasteiger partial charge < -0.3 is 14.4 Å². The summed E-state index contributed by atoms with van der Waals surface area (Å²) in [5.41, 5.74) is 2.28. The van der Waals surface area contributed by atoms with E-state index >= 15 is 0 Å². The van der Waals surface area contributed by atoms with Crippen LogP contribution < -0.4 is 0 Å². The quantitative estimate of drug-likeness (QED) is 0.648. The van der Waals surface area contributed by atoms with E-state index in [9.17, 15) is 9.18 Å². The Morgan fingerprint density at radius 3 is 2.48 bits per heavy atom. The summed E-state index contributed by atoms with van der Waals surface area (Å²) in [7, 11) is 4.09. The number of nitrogens with zero attached hydrogens (tertiary/aromatic N) is 1. The zero-order valence-electron chi connectivity index (χ0n) is 17.9. The van der Waals surface area contributed by atoms with Crippen LogP contribution in [0.25, 0.3) is 0 Å². The summed E-state index contributed by atoms with van der Waals surface area (Å²) in [6.45, 7) is 6.89. The molecule has 0 radical (unpaired) electrons. The Morgan fingerprint density at radius 1 is 1.17 bits per heavy atom. The number of carbonyl (C=O) groups is 1. The lowest BCUT2D eigenvalue weighted by Crippen LogP contribution is -2.29. The molecular formula is C24H30FNO3. The van der Waals surface area contributed by atoms with Crippen LogP contribution in [0.15, 0.2) is 42.5 Å². The number of halogens is 1. The van der Waals surface area contributed by atoms with E-state index in [1.165, 1.54) is 12.1 Å². The van der Waals surface area contributed by atoms with E-state index in [-0.39, 0.29) is 11.8 Å². The second-order valence-corrected chi connectivity index (χ2v) is 8.90. The first kappa shape index (κ1) is 21.5. The Morgan fingerprint density at radius 2 is 1.86 bits per heavy atom. The Balaban J connectivity index is 1.96. The van der Waals surface area contributed by atoms with E-state index in [2.05, 4.69) is 4.90 Å². The van der Waals surface area contributed by atoms with Crippen molar-refractivity contribution in [2.24, 2.45) is 0 Å². The lowest BCUT2D eigenvalue weighted by Gasteiger charge is -2.31. The molecule has 0 fully saturated rings. The Labute approximate surface area is 172 Å². The number of benzene rings is 2. The van der Waals surface area contributed by atoms with Crippen LogP contribution >= 0.6 is 0 Å². The highest BCUT2D eigenvalue weighted by molar-refractivity contribution is 5.90. The van der Waals surface area contributed by atoms with E-state index in [1.807, 2.05) is 47.0 Å². The first-order valence-corrected chi connectivity index (χ1v) is 10.0. The van der Waals surface area contributed by atoms with Gasteiger partial charge in [0, 0.05) is 0 Å². The number of esters is 1. The van der Waals surface area contributed by atoms with Gasteiger partial charge >= 0.3 is 5.97 Å². The average molecular weight is 400 g/mol. The van der Waals surface area contributed by atoms with Gasteiger partial charge in [-0.15, -0.1) is 0 Å². The van der Waals surface area contributed by atoms with Gasteiger partial charge in [0.05, 0.1) is 12.2 Å². The first-order valence-electron chi connectivity index (χ1n) is 10.0. The summed E-state index contributed by atoms with van der Waals surface area (Å²) < 4.78 is 25.4. The number of carbonyl (C=O) groups excluding carboxylic acids is 1. The third kappa shape index (κ3) is 4.85. The summed E-state index contributed by atoms with van der Waals surface area (Å²) in [4.78, 5) is 14.6. The number of hydrogen-bond donors (Lipinski definition) is 0. The fraction of sp³-hybridized carbons (Fsp3) is 0.458. The summed E-state index contributed by atoms with van der Waals surface area (Å²) in [6.07, 6.45) is 1.70. The van der Waals surface area contributed by atoms with Crippen molar-refractivity contribution in [1.29, 1.82) is 0 Å². The van der Waals surface area contributed by atoms with Gasteiger partial charge in [-0.1, -0.05) is 18.2 Å². The Bertz CT molecular complexity index is 871. The van der Waals surface area contributed by atoms with Gasteiger partial charge in [-0.05, 0) is 95.2 Å². The molecule has 0 bridgehead atoms. The third-order valence-electron chi connectivity index (χ3n) is 5.09. The molecule has 2 aromatic carbocycles. The molecule has 29 heavy (non-hydrogen) atoms. The molecule has 1 aliphatic rings. The summed E-state index contributed by atoms with van der Waals surface area (Å²) in [5, 5.41) is 0. The second-order valence-electron chi connectivity index (χ2n) is 8.90. The van der Waals surface area contributed by atoms with E-state index < -0.39 is 11.2 Å². The van der Waals surface area contributed by atoms with E-state index in [0.717, 1.165) is 36.1 Å². The molecule has 0 N–H and O–H groups in total. The number of rotatable bonds is 6. The van der Waals surface area contributed by atoms with E-state index in [0.29, 0.717) is 12.2 Å². The first-order chi connectivity index (χ1) is 13.6. The van der Waals surface area contributed by atoms with Crippen molar-refractivity contribution < 1.29 is 18.7 Å². The zero-order chi connectivity index (χ0) is 21.2. The predicted molar refractivity (Wildman–Crippen MR) is 111 cm³/mol. The second kappa shape index (κ2) is 8.25. The van der Waals surface area contributed by atoms with Gasteiger partial charge in [0.2, 0.25) is 0 Å². The number of hydrogen-bond acceptors (Lipinski definition) is 4. The molecule has 2 aromatic rings. The van der Waals surface area contributed by atoms with E-state index in [1.54, 1.807) is 18.2 Å². The predicted octanol–water partition coefficient (Wildman–Crippen LogP) is 4.90. The lowest BCUT2D eigenvalue weighted by atomic mass is 9.81. The molecule has 0 amide bonds.